The summed E-state index contributed by atoms with van der Waals surface area (Å²) < 4.78 is 12.8. The Morgan fingerprint density at radius 3 is 2.62 bits per heavy atom. The summed E-state index contributed by atoms with van der Waals surface area (Å²) in [5.74, 6) is -2.52. The van der Waals surface area contributed by atoms with E-state index in [0.717, 1.165) is 6.07 Å². The van der Waals surface area contributed by atoms with Gasteiger partial charge in [-0.15, -0.1) is 0 Å². The lowest BCUT2D eigenvalue weighted by atomic mass is 10.3. The number of carbonyl (C=O) groups excluding carboxylic acids is 2. The molecule has 0 bridgehead atoms. The molecule has 0 aliphatic rings. The summed E-state index contributed by atoms with van der Waals surface area (Å²) in [5, 5.41) is 2.06. The van der Waals surface area contributed by atoms with Gasteiger partial charge in [-0.25, -0.2) is 9.87 Å². The summed E-state index contributed by atoms with van der Waals surface area (Å²) in [6.07, 6.45) is 0. The highest BCUT2D eigenvalue weighted by atomic mass is 35.5. The van der Waals surface area contributed by atoms with Crippen LogP contribution in [-0.4, -0.2) is 18.9 Å². The van der Waals surface area contributed by atoms with E-state index in [1.54, 1.807) is 0 Å². The molecule has 0 fully saturated rings. The first-order chi connectivity index (χ1) is 7.54. The molecule has 0 saturated heterocycles. The number of anilines is 1. The van der Waals surface area contributed by atoms with Crippen molar-refractivity contribution in [2.45, 2.75) is 0 Å². The number of halogens is 2. The normalized spacial score (nSPS) is 9.69. The maximum absolute atomic E-state index is 12.8. The van der Waals surface area contributed by atoms with Gasteiger partial charge in [0.2, 0.25) is 0 Å². The monoisotopic (exact) mass is 246 g/mol. The Balaban J connectivity index is 2.70. The van der Waals surface area contributed by atoms with Gasteiger partial charge in [-0.05, 0) is 18.2 Å². The Labute approximate surface area is 95.5 Å². The fourth-order valence-electron chi connectivity index (χ4n) is 0.901. The van der Waals surface area contributed by atoms with E-state index in [1.807, 2.05) is 5.48 Å². The minimum atomic E-state index is -0.969. The second-order valence-corrected chi connectivity index (χ2v) is 3.13. The quantitative estimate of drug-likeness (QED) is 0.606. The van der Waals surface area contributed by atoms with Gasteiger partial charge < -0.3 is 5.32 Å². The second kappa shape index (κ2) is 5.43. The van der Waals surface area contributed by atoms with Crippen LogP contribution in [-0.2, 0) is 14.4 Å². The summed E-state index contributed by atoms with van der Waals surface area (Å²) in [7, 11) is 1.19. The van der Waals surface area contributed by atoms with Gasteiger partial charge in [0.25, 0.3) is 0 Å². The molecule has 2 N–H and O–H groups in total. The Morgan fingerprint density at radius 1 is 1.38 bits per heavy atom. The maximum atomic E-state index is 12.8. The van der Waals surface area contributed by atoms with Gasteiger partial charge >= 0.3 is 11.8 Å². The van der Waals surface area contributed by atoms with Gasteiger partial charge in [0.05, 0.1) is 12.1 Å². The highest BCUT2D eigenvalue weighted by Gasteiger charge is 2.13. The molecule has 1 rings (SSSR count). The van der Waals surface area contributed by atoms with E-state index in [4.69, 9.17) is 11.6 Å². The first-order valence-electron chi connectivity index (χ1n) is 4.14. The van der Waals surface area contributed by atoms with E-state index in [0.29, 0.717) is 0 Å². The van der Waals surface area contributed by atoms with Gasteiger partial charge in [-0.2, -0.15) is 0 Å². The van der Waals surface area contributed by atoms with Crippen molar-refractivity contribution >= 4 is 29.1 Å². The van der Waals surface area contributed by atoms with Gasteiger partial charge in [0.1, 0.15) is 5.82 Å². The zero-order valence-electron chi connectivity index (χ0n) is 8.21. The van der Waals surface area contributed by atoms with E-state index in [9.17, 15) is 14.0 Å². The van der Waals surface area contributed by atoms with Crippen LogP contribution >= 0.6 is 11.6 Å². The molecular weight excluding hydrogens is 239 g/mol. The van der Waals surface area contributed by atoms with Crippen LogP contribution in [0.2, 0.25) is 5.02 Å². The Morgan fingerprint density at radius 2 is 2.06 bits per heavy atom. The lowest BCUT2D eigenvalue weighted by Crippen LogP contribution is -2.34. The Hall–Kier alpha value is -1.66. The molecule has 86 valence electrons. The summed E-state index contributed by atoms with van der Waals surface area (Å²) in [6, 6.07) is 3.54. The van der Waals surface area contributed by atoms with Crippen molar-refractivity contribution in [3.8, 4) is 0 Å². The summed E-state index contributed by atoms with van der Waals surface area (Å²) >= 11 is 5.49. The second-order valence-electron chi connectivity index (χ2n) is 2.72. The number of hydroxylamine groups is 1. The number of hydrogen-bond donors (Lipinski definition) is 2. The predicted octanol–water partition coefficient (Wildman–Crippen LogP) is 1.10. The Bertz CT molecular complexity index is 425. The zero-order valence-corrected chi connectivity index (χ0v) is 8.97. The smallest absolute Gasteiger partial charge is 0.318 e. The van der Waals surface area contributed by atoms with Gasteiger partial charge in [-0.1, -0.05) is 11.6 Å². The fraction of sp³-hybridized carbons (Fsp3) is 0.111. The molecule has 0 aromatic heterocycles. The van der Waals surface area contributed by atoms with E-state index in [2.05, 4.69) is 10.2 Å². The lowest BCUT2D eigenvalue weighted by Gasteiger charge is -2.05. The molecule has 0 aliphatic heterocycles. The SMILES string of the molecule is CONC(=O)C(=O)Nc1ccc(F)c(Cl)c1. The first kappa shape index (κ1) is 12.4. The predicted molar refractivity (Wildman–Crippen MR) is 55.2 cm³/mol. The van der Waals surface area contributed by atoms with Crippen molar-refractivity contribution in [3.63, 3.8) is 0 Å². The van der Waals surface area contributed by atoms with Gasteiger partial charge in [0, 0.05) is 5.69 Å². The molecule has 0 saturated carbocycles. The van der Waals surface area contributed by atoms with Crippen LogP contribution in [0.1, 0.15) is 0 Å². The van der Waals surface area contributed by atoms with E-state index in [-0.39, 0.29) is 10.7 Å². The highest BCUT2D eigenvalue weighted by Crippen LogP contribution is 2.19. The number of benzene rings is 1. The van der Waals surface area contributed by atoms with Crippen LogP contribution < -0.4 is 10.8 Å². The molecule has 1 aromatic carbocycles. The first-order valence-corrected chi connectivity index (χ1v) is 4.51. The number of nitrogens with one attached hydrogen (secondary N) is 2. The summed E-state index contributed by atoms with van der Waals surface area (Å²) in [6.45, 7) is 0. The van der Waals surface area contributed by atoms with Crippen LogP contribution in [0.5, 0.6) is 0 Å². The highest BCUT2D eigenvalue weighted by molar-refractivity contribution is 6.39. The van der Waals surface area contributed by atoms with E-state index < -0.39 is 17.6 Å². The summed E-state index contributed by atoms with van der Waals surface area (Å²) in [5.41, 5.74) is 2.04. The topological polar surface area (TPSA) is 67.4 Å². The third-order valence-corrected chi connectivity index (χ3v) is 1.87. The Kier molecular flexibility index (Phi) is 4.21. The molecule has 0 atom stereocenters. The molecule has 0 aliphatic carbocycles. The number of rotatable bonds is 2. The molecule has 1 aromatic rings. The lowest BCUT2D eigenvalue weighted by molar-refractivity contribution is -0.142. The summed E-state index contributed by atoms with van der Waals surface area (Å²) in [4.78, 5) is 26.4. The molecule has 0 spiro atoms. The third-order valence-electron chi connectivity index (χ3n) is 1.58. The molecule has 7 heteroatoms. The van der Waals surface area contributed by atoms with Gasteiger partial charge in [0.15, 0.2) is 0 Å². The van der Waals surface area contributed by atoms with Gasteiger partial charge in [-0.3, -0.25) is 14.4 Å². The number of amides is 2. The molecular formula is C9H8ClFN2O3. The molecule has 5 nitrogen and oxygen atoms in total. The maximum Gasteiger partial charge on any atom is 0.333 e. The van der Waals surface area contributed by atoms with E-state index >= 15 is 0 Å². The van der Waals surface area contributed by atoms with Crippen LogP contribution in [0, 0.1) is 5.82 Å². The van der Waals surface area contributed by atoms with Crippen LogP contribution in [0.4, 0.5) is 10.1 Å². The van der Waals surface area contributed by atoms with Crippen molar-refractivity contribution in [3.05, 3.63) is 29.0 Å². The van der Waals surface area contributed by atoms with Crippen LogP contribution in [0.3, 0.4) is 0 Å². The van der Waals surface area contributed by atoms with E-state index in [1.165, 1.54) is 19.2 Å². The van der Waals surface area contributed by atoms with Crippen molar-refractivity contribution in [2.75, 3.05) is 12.4 Å². The molecule has 0 radical (unpaired) electrons. The van der Waals surface area contributed by atoms with Crippen LogP contribution in [0.25, 0.3) is 0 Å². The molecule has 2 amide bonds. The average Bonchev–Trinajstić information content (AvgIpc) is 2.24. The largest absolute Gasteiger partial charge is 0.333 e. The molecule has 0 unspecified atom stereocenters. The van der Waals surface area contributed by atoms with Crippen molar-refractivity contribution < 1.29 is 18.8 Å². The fourth-order valence-corrected chi connectivity index (χ4v) is 1.08. The molecule has 0 heterocycles. The number of carbonyl (C=O) groups is 2. The zero-order chi connectivity index (χ0) is 12.1. The van der Waals surface area contributed by atoms with Crippen molar-refractivity contribution in [1.29, 1.82) is 0 Å². The minimum Gasteiger partial charge on any atom is -0.318 e. The third kappa shape index (κ3) is 3.18. The minimum absolute atomic E-state index is 0.148. The standard InChI is InChI=1S/C9H8ClFN2O3/c1-16-13-9(15)8(14)12-5-2-3-7(11)6(10)4-5/h2-4H,1H3,(H,12,14)(H,13,15). The molecule has 16 heavy (non-hydrogen) atoms. The van der Waals surface area contributed by atoms with Crippen molar-refractivity contribution in [2.24, 2.45) is 0 Å². The average molecular weight is 247 g/mol. The number of hydrogen-bond acceptors (Lipinski definition) is 3. The van der Waals surface area contributed by atoms with Crippen LogP contribution in [0.15, 0.2) is 18.2 Å². The van der Waals surface area contributed by atoms with Crippen molar-refractivity contribution in [1.82, 2.24) is 5.48 Å².